The van der Waals surface area contributed by atoms with Crippen molar-refractivity contribution in [3.8, 4) is 23.0 Å². The van der Waals surface area contributed by atoms with Crippen molar-refractivity contribution in [1.82, 2.24) is 19.9 Å². The number of aryl methyl sites for hydroxylation is 1. The molecule has 362 valence electrons. The fraction of sp³-hybridized carbons (Fsp3) is 0.410. The number of ether oxygens (including phenoxy) is 1. The quantitative estimate of drug-likeness (QED) is 0.0129. The van der Waals surface area contributed by atoms with Gasteiger partial charge in [-0.25, -0.2) is 33.0 Å². The molecule has 0 radical (unpaired) electrons. The summed E-state index contributed by atoms with van der Waals surface area (Å²) in [6.07, 6.45) is 8.22. The van der Waals surface area contributed by atoms with Gasteiger partial charge in [-0.1, -0.05) is 18.3 Å². The molecular formula is C39H49N7O17P3S+. The van der Waals surface area contributed by atoms with Gasteiger partial charge >= 0.3 is 29.1 Å². The number of anilines is 2. The third-order valence-electron chi connectivity index (χ3n) is 10.3. The third-order valence-corrected chi connectivity index (χ3v) is 14.9. The van der Waals surface area contributed by atoms with Gasteiger partial charge in [0.2, 0.25) is 5.91 Å². The van der Waals surface area contributed by atoms with Gasteiger partial charge < -0.3 is 49.2 Å². The summed E-state index contributed by atoms with van der Waals surface area (Å²) in [6.45, 7) is 3.24. The van der Waals surface area contributed by atoms with E-state index in [9.17, 15) is 41.5 Å². The lowest BCUT2D eigenvalue weighted by Crippen LogP contribution is -2.33. The Morgan fingerprint density at radius 3 is 2.51 bits per heavy atom. The highest BCUT2D eigenvalue weighted by atomic mass is 32.2. The normalized spacial score (nSPS) is 17.2. The van der Waals surface area contributed by atoms with Crippen molar-refractivity contribution in [2.45, 2.75) is 70.7 Å². The first-order valence-electron chi connectivity index (χ1n) is 20.7. The lowest BCUT2D eigenvalue weighted by molar-refractivity contribution is -0.696. The van der Waals surface area contributed by atoms with E-state index in [2.05, 4.69) is 40.6 Å². The van der Waals surface area contributed by atoms with Gasteiger partial charge in [-0.05, 0) is 50.8 Å². The van der Waals surface area contributed by atoms with E-state index in [0.717, 1.165) is 23.9 Å². The van der Waals surface area contributed by atoms with Crippen LogP contribution in [0.2, 0.25) is 0 Å². The number of carbonyl (C=O) groups is 1. The summed E-state index contributed by atoms with van der Waals surface area (Å²) in [6, 6.07) is 11.0. The summed E-state index contributed by atoms with van der Waals surface area (Å²) in [4.78, 5) is 72.8. The molecule has 1 aromatic carbocycles. The Hall–Kier alpha value is -4.89. The monoisotopic (exact) mass is 1010 g/mol. The van der Waals surface area contributed by atoms with E-state index in [0.29, 0.717) is 65.8 Å². The first-order chi connectivity index (χ1) is 31.6. The van der Waals surface area contributed by atoms with Crippen molar-refractivity contribution in [3.05, 3.63) is 77.3 Å². The van der Waals surface area contributed by atoms with Gasteiger partial charge in [-0.3, -0.25) is 13.9 Å². The van der Waals surface area contributed by atoms with Crippen LogP contribution in [-0.4, -0.2) is 91.1 Å². The van der Waals surface area contributed by atoms with E-state index in [-0.39, 0.29) is 43.3 Å². The summed E-state index contributed by atoms with van der Waals surface area (Å²) in [5.41, 5.74) is 8.85. The molecule has 0 bridgehead atoms. The molecule has 1 aliphatic rings. The van der Waals surface area contributed by atoms with Crippen LogP contribution in [0, 0.1) is 11.8 Å². The van der Waals surface area contributed by atoms with E-state index in [1.807, 2.05) is 25.1 Å². The molecule has 67 heavy (non-hydrogen) atoms. The minimum absolute atomic E-state index is 0.0399. The average Bonchev–Trinajstić information content (AvgIpc) is 3.87. The maximum absolute atomic E-state index is 13.0. The number of rotatable bonds is 22. The molecule has 1 fully saturated rings. The number of unbranched alkanes of at least 4 members (excludes halogenated alkanes) is 2. The maximum atomic E-state index is 13.0. The molecular weight excluding hydrogens is 963 g/mol. The van der Waals surface area contributed by atoms with E-state index >= 15 is 0 Å². The van der Waals surface area contributed by atoms with Crippen molar-refractivity contribution in [2.24, 2.45) is 0 Å². The zero-order valence-electron chi connectivity index (χ0n) is 35.8. The fourth-order valence-corrected chi connectivity index (χ4v) is 10.8. The number of nitrogens with two attached hydrogens (primary N) is 1. The van der Waals surface area contributed by atoms with Crippen LogP contribution in [0.1, 0.15) is 63.7 Å². The molecule has 4 aromatic heterocycles. The second-order valence-corrected chi connectivity index (χ2v) is 21.2. The number of hydrogen-bond acceptors (Lipinski definition) is 16. The Morgan fingerprint density at radius 2 is 1.79 bits per heavy atom. The van der Waals surface area contributed by atoms with Crippen LogP contribution in [0.4, 0.5) is 11.5 Å². The summed E-state index contributed by atoms with van der Waals surface area (Å²) in [5.74, 6) is 5.52. The SMILES string of the molecule is CCN(CCCCCC(=O)NCC#Cc1cn([C@H]2CC[C@@H](COP(=O)(O)OP(=O)(O)OP(=O)(O)O)O2)c2ncnc(N)c12)c1ccc2cc(-c3cc[n+](CCCS(=O)(=O)O)cc3)c(=O)oc2c1. The lowest BCUT2D eigenvalue weighted by atomic mass is 10.1. The number of pyridine rings is 1. The topological polar surface area (TPSA) is 347 Å². The first-order valence-corrected chi connectivity index (χ1v) is 26.8. The van der Waals surface area contributed by atoms with Crippen molar-refractivity contribution in [2.75, 3.05) is 42.6 Å². The Labute approximate surface area is 383 Å². The molecule has 28 heteroatoms. The highest BCUT2D eigenvalue weighted by molar-refractivity contribution is 7.85. The zero-order valence-corrected chi connectivity index (χ0v) is 39.3. The van der Waals surface area contributed by atoms with Crippen LogP contribution < -0.4 is 26.1 Å². The molecule has 1 amide bonds. The number of benzene rings is 1. The van der Waals surface area contributed by atoms with Crippen molar-refractivity contribution >= 4 is 73.0 Å². The maximum Gasteiger partial charge on any atom is 0.490 e. The smallest absolute Gasteiger partial charge is 0.422 e. The van der Waals surface area contributed by atoms with Gasteiger partial charge in [0.25, 0.3) is 10.1 Å². The first kappa shape index (κ1) is 51.5. The van der Waals surface area contributed by atoms with Crippen LogP contribution >= 0.6 is 23.5 Å². The molecule has 6 rings (SSSR count). The molecule has 24 nitrogen and oxygen atoms in total. The molecule has 5 aromatic rings. The predicted molar refractivity (Wildman–Crippen MR) is 240 cm³/mol. The Morgan fingerprint density at radius 1 is 1.03 bits per heavy atom. The molecule has 0 spiro atoms. The van der Waals surface area contributed by atoms with Crippen LogP contribution in [0.15, 0.2) is 70.5 Å². The van der Waals surface area contributed by atoms with Gasteiger partial charge in [0.1, 0.15) is 36.1 Å². The van der Waals surface area contributed by atoms with E-state index in [1.165, 1.54) is 6.33 Å². The lowest BCUT2D eigenvalue weighted by Gasteiger charge is -2.23. The van der Waals surface area contributed by atoms with Crippen LogP contribution in [0.3, 0.4) is 0 Å². The Kier molecular flexibility index (Phi) is 16.9. The van der Waals surface area contributed by atoms with Gasteiger partial charge in [0.05, 0.1) is 41.5 Å². The van der Waals surface area contributed by atoms with E-state index in [4.69, 9.17) is 33.8 Å². The van der Waals surface area contributed by atoms with Crippen molar-refractivity contribution in [1.29, 1.82) is 0 Å². The molecule has 4 atom stereocenters. The summed E-state index contributed by atoms with van der Waals surface area (Å²) >= 11 is 0. The Balaban J connectivity index is 0.950. The van der Waals surface area contributed by atoms with Gasteiger partial charge in [0, 0.05) is 67.0 Å². The standard InChI is InChI=1S/C39H48N7O17P3S/c1-2-45(30-11-10-28-22-32(39(48)61-33(28)23-30)27-14-19-44(20-15-27)17-7-21-67(56,57)58)18-5-3-4-9-34(47)41-16-6-8-29-24-46(38-36(29)37(40)42-26-43-38)35-13-12-31(60-35)25-59-65(52,53)63-66(54,55)62-64(49,50)51/h10-11,14-15,19-20,22-24,26,31,35H,2-5,7,9,12-13,16-18,21,25H2,1H3,(H7-,40,41,42,43,47,49,50,51,52,53,54,55,56,57,58)/p+1/t31-,35+/m0/s1. The number of nitrogen functional groups attached to an aromatic ring is 1. The number of nitrogens with one attached hydrogen (secondary N) is 1. The van der Waals surface area contributed by atoms with Gasteiger partial charge in [0.15, 0.2) is 12.4 Å². The predicted octanol–water partition coefficient (Wildman–Crippen LogP) is 3.93. The molecule has 5 heterocycles. The summed E-state index contributed by atoms with van der Waals surface area (Å²) in [5, 5.41) is 3.97. The number of phosphoric acid groups is 3. The van der Waals surface area contributed by atoms with E-state index < -0.39 is 58.2 Å². The molecule has 0 aliphatic carbocycles. The molecule has 2 unspecified atom stereocenters. The summed E-state index contributed by atoms with van der Waals surface area (Å²) < 4.78 is 92.9. The number of aromatic nitrogens is 4. The van der Waals surface area contributed by atoms with Crippen LogP contribution in [0.25, 0.3) is 33.1 Å². The van der Waals surface area contributed by atoms with Crippen LogP contribution in [-0.2, 0) is 53.0 Å². The minimum Gasteiger partial charge on any atom is -0.422 e. The van der Waals surface area contributed by atoms with Gasteiger partial charge in [-0.15, -0.1) is 0 Å². The minimum atomic E-state index is -5.67. The van der Waals surface area contributed by atoms with Gasteiger partial charge in [-0.2, -0.15) is 17.0 Å². The third kappa shape index (κ3) is 15.1. The van der Waals surface area contributed by atoms with Crippen molar-refractivity contribution < 1.29 is 77.9 Å². The highest BCUT2D eigenvalue weighted by Crippen LogP contribution is 2.66. The number of carbonyl (C=O) groups excluding carboxylic acids is 1. The zero-order chi connectivity index (χ0) is 48.6. The molecule has 1 aliphatic heterocycles. The number of amides is 1. The average molecular weight is 1010 g/mol. The Bertz CT molecular complexity index is 2970. The van der Waals surface area contributed by atoms with Crippen LogP contribution in [0.5, 0.6) is 0 Å². The molecule has 1 saturated heterocycles. The number of hydrogen-bond donors (Lipinski definition) is 7. The number of fused-ring (bicyclic) bond motifs is 2. The highest BCUT2D eigenvalue weighted by Gasteiger charge is 2.41. The largest absolute Gasteiger partial charge is 0.490 e. The van der Waals surface area contributed by atoms with E-state index in [1.54, 1.807) is 45.9 Å². The summed E-state index contributed by atoms with van der Waals surface area (Å²) in [7, 11) is -20.6. The second-order valence-electron chi connectivity index (χ2n) is 15.2. The fourth-order valence-electron chi connectivity index (χ4n) is 7.24. The number of phosphoric ester groups is 1. The second kappa shape index (κ2) is 22.0. The molecule has 0 saturated carbocycles. The molecule has 8 N–H and O–H groups in total. The number of nitrogens with zero attached hydrogens (tertiary/aromatic N) is 5. The van der Waals surface area contributed by atoms with Crippen molar-refractivity contribution in [3.63, 3.8) is 0 Å².